The molecule has 0 aliphatic carbocycles. The molecule has 0 bridgehead atoms. The van der Waals surface area contributed by atoms with Gasteiger partial charge < -0.3 is 9.73 Å². The van der Waals surface area contributed by atoms with Gasteiger partial charge in [-0.05, 0) is 53.7 Å². The van der Waals surface area contributed by atoms with Crippen molar-refractivity contribution in [1.82, 2.24) is 30.0 Å². The first-order chi connectivity index (χ1) is 14.1. The zero-order valence-electron chi connectivity index (χ0n) is 15.3. The highest BCUT2D eigenvalue weighted by Gasteiger charge is 2.14. The molecule has 1 amide bonds. The number of carbonyl (C=O) groups excluding carboxylic acids is 1. The van der Waals surface area contributed by atoms with Crippen LogP contribution in [0.2, 0.25) is 0 Å². The minimum Gasteiger partial charge on any atom is -0.467 e. The van der Waals surface area contributed by atoms with Gasteiger partial charge in [0.25, 0.3) is 0 Å². The Balaban J connectivity index is 1.41. The van der Waals surface area contributed by atoms with Crippen LogP contribution in [0.1, 0.15) is 11.5 Å². The molecular weight excluding hydrogens is 397 g/mol. The second-order valence-electron chi connectivity index (χ2n) is 6.09. The summed E-state index contributed by atoms with van der Waals surface area (Å²) in [6, 6.07) is 11.2. The topological polar surface area (TPSA) is 104 Å². The van der Waals surface area contributed by atoms with Gasteiger partial charge in [-0.1, -0.05) is 11.8 Å². The van der Waals surface area contributed by atoms with Gasteiger partial charge in [-0.25, -0.2) is 13.8 Å². The number of anilines is 1. The number of thioether (sulfide) groups is 1. The van der Waals surface area contributed by atoms with Crippen LogP contribution in [0.15, 0.2) is 58.3 Å². The summed E-state index contributed by atoms with van der Waals surface area (Å²) in [7, 11) is 0. The standard InChI is InChI=1S/C18H16FN7O2S/c1-12-9-16(26(22-12)14-6-4-13(19)5-7-14)20-17(27)11-29-18-21-23-24-25(18)10-15-3-2-8-28-15/h2-9H,10-11H2,1H3,(H,20,27). The van der Waals surface area contributed by atoms with Gasteiger partial charge >= 0.3 is 0 Å². The number of hydrogen-bond donors (Lipinski definition) is 1. The number of rotatable bonds is 7. The lowest BCUT2D eigenvalue weighted by molar-refractivity contribution is -0.113. The van der Waals surface area contributed by atoms with Gasteiger partial charge in [0.2, 0.25) is 11.1 Å². The van der Waals surface area contributed by atoms with Gasteiger partial charge in [0.15, 0.2) is 0 Å². The number of aryl methyl sites for hydroxylation is 1. The minimum atomic E-state index is -0.341. The van der Waals surface area contributed by atoms with Crippen molar-refractivity contribution in [3.63, 3.8) is 0 Å². The maximum Gasteiger partial charge on any atom is 0.236 e. The van der Waals surface area contributed by atoms with E-state index >= 15 is 0 Å². The molecule has 0 spiro atoms. The molecule has 0 saturated carbocycles. The molecule has 148 valence electrons. The number of tetrazole rings is 1. The van der Waals surface area contributed by atoms with Crippen LogP contribution in [0.3, 0.4) is 0 Å². The highest BCUT2D eigenvalue weighted by atomic mass is 32.2. The summed E-state index contributed by atoms with van der Waals surface area (Å²) in [5.74, 6) is 0.724. The predicted octanol–water partition coefficient (Wildman–Crippen LogP) is 2.68. The molecule has 0 radical (unpaired) electrons. The average Bonchev–Trinajstić information content (AvgIpc) is 3.44. The Morgan fingerprint density at radius 2 is 2.10 bits per heavy atom. The van der Waals surface area contributed by atoms with Crippen LogP contribution in [0.4, 0.5) is 10.2 Å². The van der Waals surface area contributed by atoms with E-state index in [9.17, 15) is 9.18 Å². The summed E-state index contributed by atoms with van der Waals surface area (Å²) >= 11 is 1.21. The molecule has 0 fully saturated rings. The van der Waals surface area contributed by atoms with E-state index < -0.39 is 0 Å². The van der Waals surface area contributed by atoms with Gasteiger partial charge in [0.1, 0.15) is 23.9 Å². The van der Waals surface area contributed by atoms with Gasteiger partial charge in [-0.2, -0.15) is 5.10 Å². The number of furan rings is 1. The maximum atomic E-state index is 13.2. The summed E-state index contributed by atoms with van der Waals surface area (Å²) in [6.45, 7) is 2.19. The fraction of sp³-hybridized carbons (Fsp3) is 0.167. The molecule has 0 aliphatic heterocycles. The maximum absolute atomic E-state index is 13.2. The Kier molecular flexibility index (Phi) is 5.38. The van der Waals surface area contributed by atoms with Crippen LogP contribution in [0, 0.1) is 12.7 Å². The van der Waals surface area contributed by atoms with E-state index in [2.05, 4.69) is 25.9 Å². The van der Waals surface area contributed by atoms with E-state index in [1.54, 1.807) is 39.9 Å². The Labute approximate surface area is 168 Å². The van der Waals surface area contributed by atoms with Gasteiger partial charge in [-0.3, -0.25) is 4.79 Å². The van der Waals surface area contributed by atoms with Crippen LogP contribution in [0.5, 0.6) is 0 Å². The van der Waals surface area contributed by atoms with Crippen molar-refractivity contribution in [3.8, 4) is 5.69 Å². The summed E-state index contributed by atoms with van der Waals surface area (Å²) in [5, 5.41) is 19.2. The highest BCUT2D eigenvalue weighted by Crippen LogP contribution is 2.19. The Morgan fingerprint density at radius 3 is 2.86 bits per heavy atom. The monoisotopic (exact) mass is 413 g/mol. The van der Waals surface area contributed by atoms with E-state index in [-0.39, 0.29) is 17.5 Å². The molecule has 29 heavy (non-hydrogen) atoms. The fourth-order valence-corrected chi connectivity index (χ4v) is 3.30. The number of benzene rings is 1. The van der Waals surface area contributed by atoms with Crippen LogP contribution >= 0.6 is 11.8 Å². The van der Waals surface area contributed by atoms with Crippen molar-refractivity contribution >= 4 is 23.5 Å². The summed E-state index contributed by atoms with van der Waals surface area (Å²) in [6.07, 6.45) is 1.58. The Morgan fingerprint density at radius 1 is 1.28 bits per heavy atom. The highest BCUT2D eigenvalue weighted by molar-refractivity contribution is 7.99. The predicted molar refractivity (Wildman–Crippen MR) is 103 cm³/mol. The molecule has 0 unspecified atom stereocenters. The van der Waals surface area contributed by atoms with E-state index in [4.69, 9.17) is 4.42 Å². The number of nitrogens with one attached hydrogen (secondary N) is 1. The number of hydrogen-bond acceptors (Lipinski definition) is 7. The molecule has 4 rings (SSSR count). The van der Waals surface area contributed by atoms with Crippen molar-refractivity contribution in [3.05, 3.63) is 66.0 Å². The molecule has 3 heterocycles. The fourth-order valence-electron chi connectivity index (χ4n) is 2.63. The Bertz CT molecular complexity index is 1110. The van der Waals surface area contributed by atoms with Crippen molar-refractivity contribution in [2.45, 2.75) is 18.6 Å². The Hall–Kier alpha value is -3.47. The van der Waals surface area contributed by atoms with Gasteiger partial charge in [0, 0.05) is 6.07 Å². The molecular formula is C18H16FN7O2S. The molecule has 11 heteroatoms. The lowest BCUT2D eigenvalue weighted by Gasteiger charge is -2.09. The number of halogens is 1. The third kappa shape index (κ3) is 4.51. The van der Waals surface area contributed by atoms with Crippen molar-refractivity contribution in [2.75, 3.05) is 11.1 Å². The number of nitrogens with zero attached hydrogens (tertiary/aromatic N) is 6. The van der Waals surface area contributed by atoms with Crippen molar-refractivity contribution < 1.29 is 13.6 Å². The van der Waals surface area contributed by atoms with Crippen LogP contribution in [-0.2, 0) is 11.3 Å². The summed E-state index contributed by atoms with van der Waals surface area (Å²) in [4.78, 5) is 12.5. The van der Waals surface area contributed by atoms with E-state index in [1.165, 1.54) is 23.9 Å². The van der Waals surface area contributed by atoms with E-state index in [0.717, 1.165) is 5.69 Å². The molecule has 0 atom stereocenters. The quantitative estimate of drug-likeness (QED) is 0.465. The van der Waals surface area contributed by atoms with Crippen LogP contribution in [0.25, 0.3) is 5.69 Å². The third-order valence-electron chi connectivity index (χ3n) is 3.89. The molecule has 9 nitrogen and oxygen atoms in total. The third-order valence-corrected chi connectivity index (χ3v) is 4.84. The summed E-state index contributed by atoms with van der Waals surface area (Å²) in [5.41, 5.74) is 1.37. The van der Waals surface area contributed by atoms with Crippen molar-refractivity contribution in [1.29, 1.82) is 0 Å². The minimum absolute atomic E-state index is 0.103. The first-order valence-electron chi connectivity index (χ1n) is 8.62. The van der Waals surface area contributed by atoms with Crippen molar-refractivity contribution in [2.24, 2.45) is 0 Å². The van der Waals surface area contributed by atoms with Crippen LogP contribution in [-0.4, -0.2) is 41.6 Å². The van der Waals surface area contributed by atoms with E-state index in [0.29, 0.717) is 29.0 Å². The second kappa shape index (κ2) is 8.27. The lowest BCUT2D eigenvalue weighted by Crippen LogP contribution is -2.17. The van der Waals surface area contributed by atoms with Gasteiger partial charge in [-0.15, -0.1) is 5.10 Å². The normalized spacial score (nSPS) is 11.0. The molecule has 0 aliphatic rings. The first-order valence-corrected chi connectivity index (χ1v) is 9.61. The number of aromatic nitrogens is 6. The molecule has 3 aromatic heterocycles. The van der Waals surface area contributed by atoms with Crippen LogP contribution < -0.4 is 5.32 Å². The summed E-state index contributed by atoms with van der Waals surface area (Å²) < 4.78 is 21.6. The zero-order chi connectivity index (χ0) is 20.2. The molecule has 0 saturated heterocycles. The van der Waals surface area contributed by atoms with Gasteiger partial charge in [0.05, 0.1) is 23.4 Å². The zero-order valence-corrected chi connectivity index (χ0v) is 16.1. The molecule has 1 N–H and O–H groups in total. The number of carbonyl (C=O) groups is 1. The SMILES string of the molecule is Cc1cc(NC(=O)CSc2nnnn2Cc2ccco2)n(-c2ccc(F)cc2)n1. The number of amides is 1. The smallest absolute Gasteiger partial charge is 0.236 e. The first kappa shape index (κ1) is 18.9. The average molecular weight is 413 g/mol. The second-order valence-corrected chi connectivity index (χ2v) is 7.04. The lowest BCUT2D eigenvalue weighted by atomic mass is 10.3. The molecule has 1 aromatic carbocycles. The van der Waals surface area contributed by atoms with E-state index in [1.807, 2.05) is 13.0 Å². The largest absolute Gasteiger partial charge is 0.467 e. The molecule has 4 aromatic rings.